The van der Waals surface area contributed by atoms with E-state index in [2.05, 4.69) is 42.1 Å². The molecule has 37 heavy (non-hydrogen) atoms. The van der Waals surface area contributed by atoms with Gasteiger partial charge in [0.15, 0.2) is 5.78 Å². The summed E-state index contributed by atoms with van der Waals surface area (Å²) in [6.45, 7) is 10.9. The molecule has 0 aliphatic rings. The molecule has 0 saturated heterocycles. The highest BCUT2D eigenvalue weighted by molar-refractivity contribution is 5.96. The quantitative estimate of drug-likeness (QED) is 0.233. The average molecular weight is 499 g/mol. The first-order valence-electron chi connectivity index (χ1n) is 12.3. The van der Waals surface area contributed by atoms with Gasteiger partial charge in [-0.05, 0) is 87.4 Å². The lowest BCUT2D eigenvalue weighted by molar-refractivity contribution is -0.117. The first kappa shape index (κ1) is 28.8. The summed E-state index contributed by atoms with van der Waals surface area (Å²) in [4.78, 5) is 26.9. The van der Waals surface area contributed by atoms with Crippen LogP contribution in [0.5, 0.6) is 11.6 Å². The molecule has 1 unspecified atom stereocenters. The van der Waals surface area contributed by atoms with Crippen molar-refractivity contribution in [1.29, 1.82) is 5.26 Å². The molecule has 3 rings (SSSR count). The van der Waals surface area contributed by atoms with E-state index >= 15 is 0 Å². The predicted octanol–water partition coefficient (Wildman–Crippen LogP) is 6.87. The molecule has 3 aromatic rings. The van der Waals surface area contributed by atoms with Crippen molar-refractivity contribution in [3.05, 3.63) is 90.1 Å². The third kappa shape index (κ3) is 9.61. The van der Waals surface area contributed by atoms with Gasteiger partial charge in [0.25, 0.3) is 0 Å². The number of aromatic nitrogens is 1. The molecule has 0 saturated carbocycles. The van der Waals surface area contributed by atoms with Gasteiger partial charge >= 0.3 is 0 Å². The lowest BCUT2D eigenvalue weighted by Gasteiger charge is -2.13. The third-order valence-corrected chi connectivity index (χ3v) is 5.39. The van der Waals surface area contributed by atoms with Crippen molar-refractivity contribution >= 4 is 23.1 Å². The average Bonchev–Trinajstić information content (AvgIpc) is 2.89. The minimum atomic E-state index is -0.0943. The summed E-state index contributed by atoms with van der Waals surface area (Å²) in [5, 5.41) is 15.1. The normalized spacial score (nSPS) is 10.7. The Kier molecular flexibility index (Phi) is 11.6. The second-order valence-electron chi connectivity index (χ2n) is 8.41. The highest BCUT2D eigenvalue weighted by Crippen LogP contribution is 2.26. The SMILES string of the molecule is C=CC(=O)NC(CC)CCC.CC(=O)c1ccc(C)nc1Oc1ccc(Nc2cccc(C#N)c2)cc1. The van der Waals surface area contributed by atoms with E-state index in [0.29, 0.717) is 28.8 Å². The zero-order chi connectivity index (χ0) is 27.2. The minimum absolute atomic E-state index is 0.0645. The van der Waals surface area contributed by atoms with Crippen LogP contribution in [0.2, 0.25) is 0 Å². The Bertz CT molecular complexity index is 1250. The van der Waals surface area contributed by atoms with Gasteiger partial charge in [0.1, 0.15) is 5.75 Å². The summed E-state index contributed by atoms with van der Waals surface area (Å²) in [7, 11) is 0. The second kappa shape index (κ2) is 14.8. The standard InChI is InChI=1S/C21H17N3O2.C9H17NO/c1-14-6-11-20(15(2)25)21(23-14)26-19-9-7-17(8-10-19)24-18-5-3-4-16(12-18)13-22;1-4-7-8(5-2)10-9(11)6-3/h3-12,24H,1-2H3;6,8H,3-5,7H2,1-2H3,(H,10,11). The number of carbonyl (C=O) groups is 2. The smallest absolute Gasteiger partial charge is 0.243 e. The molecular formula is C30H34N4O3. The van der Waals surface area contributed by atoms with E-state index in [9.17, 15) is 9.59 Å². The number of pyridine rings is 1. The van der Waals surface area contributed by atoms with Gasteiger partial charge in [-0.15, -0.1) is 0 Å². The molecule has 0 spiro atoms. The van der Waals surface area contributed by atoms with Gasteiger partial charge in [0.2, 0.25) is 11.8 Å². The maximum atomic E-state index is 11.7. The van der Waals surface area contributed by atoms with Crippen LogP contribution in [0.15, 0.2) is 73.3 Å². The number of ether oxygens (including phenoxy) is 1. The molecule has 1 atom stereocenters. The van der Waals surface area contributed by atoms with E-state index in [1.165, 1.54) is 13.0 Å². The Morgan fingerprint density at radius 2 is 1.84 bits per heavy atom. The number of benzene rings is 2. The van der Waals surface area contributed by atoms with Crippen molar-refractivity contribution in [2.24, 2.45) is 0 Å². The van der Waals surface area contributed by atoms with Crippen molar-refractivity contribution in [1.82, 2.24) is 10.3 Å². The molecule has 0 radical (unpaired) electrons. The zero-order valence-electron chi connectivity index (χ0n) is 21.9. The molecule has 0 aliphatic carbocycles. The number of ketones is 1. The van der Waals surface area contributed by atoms with Crippen LogP contribution in [0.3, 0.4) is 0 Å². The lowest BCUT2D eigenvalue weighted by atomic mass is 10.1. The van der Waals surface area contributed by atoms with E-state index < -0.39 is 0 Å². The molecule has 2 aromatic carbocycles. The van der Waals surface area contributed by atoms with Gasteiger partial charge in [-0.3, -0.25) is 9.59 Å². The summed E-state index contributed by atoms with van der Waals surface area (Å²) in [5.74, 6) is 0.732. The van der Waals surface area contributed by atoms with Crippen LogP contribution in [-0.4, -0.2) is 22.7 Å². The lowest BCUT2D eigenvalue weighted by Crippen LogP contribution is -2.32. The fraction of sp³-hybridized carbons (Fsp3) is 0.267. The van der Waals surface area contributed by atoms with Gasteiger partial charge < -0.3 is 15.4 Å². The number of aryl methyl sites for hydroxylation is 1. The van der Waals surface area contributed by atoms with E-state index in [0.717, 1.165) is 36.3 Å². The molecule has 7 nitrogen and oxygen atoms in total. The van der Waals surface area contributed by atoms with E-state index in [1.54, 1.807) is 36.4 Å². The largest absolute Gasteiger partial charge is 0.438 e. The van der Waals surface area contributed by atoms with Crippen molar-refractivity contribution in [2.75, 3.05) is 5.32 Å². The maximum absolute atomic E-state index is 11.7. The third-order valence-electron chi connectivity index (χ3n) is 5.39. The fourth-order valence-electron chi connectivity index (χ4n) is 3.42. The molecule has 0 fully saturated rings. The highest BCUT2D eigenvalue weighted by atomic mass is 16.5. The van der Waals surface area contributed by atoms with Crippen molar-refractivity contribution in [3.63, 3.8) is 0 Å². The van der Waals surface area contributed by atoms with Crippen molar-refractivity contribution in [2.45, 2.75) is 53.0 Å². The number of hydrogen-bond donors (Lipinski definition) is 2. The Labute approximate surface area is 219 Å². The van der Waals surface area contributed by atoms with E-state index in [1.807, 2.05) is 31.2 Å². The molecule has 1 aromatic heterocycles. The molecular weight excluding hydrogens is 464 g/mol. The first-order chi connectivity index (χ1) is 17.8. The van der Waals surface area contributed by atoms with Crippen LogP contribution in [0.25, 0.3) is 0 Å². The number of hydrogen-bond acceptors (Lipinski definition) is 6. The van der Waals surface area contributed by atoms with Crippen LogP contribution < -0.4 is 15.4 Å². The fourth-order valence-corrected chi connectivity index (χ4v) is 3.42. The summed E-state index contributed by atoms with van der Waals surface area (Å²) in [6, 6.07) is 20.5. The molecule has 0 aliphatic heterocycles. The number of nitriles is 1. The molecule has 1 amide bonds. The minimum Gasteiger partial charge on any atom is -0.438 e. The molecule has 192 valence electrons. The van der Waals surface area contributed by atoms with Crippen LogP contribution in [0.1, 0.15) is 61.6 Å². The summed E-state index contributed by atoms with van der Waals surface area (Å²) in [5.41, 5.74) is 3.51. The van der Waals surface area contributed by atoms with Gasteiger partial charge in [0.05, 0.1) is 17.2 Å². The van der Waals surface area contributed by atoms with Gasteiger partial charge in [-0.25, -0.2) is 4.98 Å². The number of rotatable bonds is 10. The van der Waals surface area contributed by atoms with Crippen LogP contribution in [0.4, 0.5) is 11.4 Å². The highest BCUT2D eigenvalue weighted by Gasteiger charge is 2.11. The number of carbonyl (C=O) groups excluding carboxylic acids is 2. The van der Waals surface area contributed by atoms with Gasteiger partial charge in [0, 0.05) is 23.1 Å². The first-order valence-corrected chi connectivity index (χ1v) is 12.3. The van der Waals surface area contributed by atoms with Crippen LogP contribution in [-0.2, 0) is 4.79 Å². The van der Waals surface area contributed by atoms with Crippen LogP contribution >= 0.6 is 0 Å². The predicted molar refractivity (Wildman–Crippen MR) is 147 cm³/mol. The number of nitrogens with one attached hydrogen (secondary N) is 2. The Hall–Kier alpha value is -4.44. The summed E-state index contributed by atoms with van der Waals surface area (Å²) in [6.07, 6.45) is 4.47. The van der Waals surface area contributed by atoms with E-state index in [4.69, 9.17) is 10.00 Å². The monoisotopic (exact) mass is 498 g/mol. The number of nitrogens with zero attached hydrogens (tertiary/aromatic N) is 2. The van der Waals surface area contributed by atoms with Gasteiger partial charge in [-0.2, -0.15) is 5.26 Å². The molecule has 2 N–H and O–H groups in total. The van der Waals surface area contributed by atoms with Crippen molar-refractivity contribution in [3.8, 4) is 17.7 Å². The topological polar surface area (TPSA) is 104 Å². The zero-order valence-corrected chi connectivity index (χ0v) is 21.9. The maximum Gasteiger partial charge on any atom is 0.243 e. The Balaban J connectivity index is 0.000000371. The number of Topliss-reactive ketones (excluding diaryl/α,β-unsaturated/α-hetero) is 1. The second-order valence-corrected chi connectivity index (χ2v) is 8.41. The summed E-state index contributed by atoms with van der Waals surface area (Å²) < 4.78 is 5.79. The number of anilines is 2. The number of amides is 1. The molecule has 7 heteroatoms. The van der Waals surface area contributed by atoms with Crippen LogP contribution in [0, 0.1) is 18.3 Å². The molecule has 1 heterocycles. The summed E-state index contributed by atoms with van der Waals surface area (Å²) >= 11 is 0. The molecule has 0 bridgehead atoms. The Morgan fingerprint density at radius 3 is 2.43 bits per heavy atom. The van der Waals surface area contributed by atoms with E-state index in [-0.39, 0.29) is 11.7 Å². The van der Waals surface area contributed by atoms with Crippen molar-refractivity contribution < 1.29 is 14.3 Å². The van der Waals surface area contributed by atoms with Gasteiger partial charge in [-0.1, -0.05) is 32.9 Å². The Morgan fingerprint density at radius 1 is 1.11 bits per heavy atom.